The van der Waals surface area contributed by atoms with Gasteiger partial charge in [0.05, 0.1) is 18.2 Å². The maximum absolute atomic E-state index is 8.81. The van der Waals surface area contributed by atoms with Gasteiger partial charge in [-0.3, -0.25) is 4.90 Å². The van der Waals surface area contributed by atoms with Gasteiger partial charge in [0.25, 0.3) is 0 Å². The zero-order valence-corrected chi connectivity index (χ0v) is 9.13. The predicted octanol–water partition coefficient (Wildman–Crippen LogP) is 0.238. The van der Waals surface area contributed by atoms with Gasteiger partial charge in [0, 0.05) is 30.7 Å². The molecule has 0 fully saturated rings. The van der Waals surface area contributed by atoms with Crippen molar-refractivity contribution in [1.82, 2.24) is 9.88 Å². The van der Waals surface area contributed by atoms with Crippen molar-refractivity contribution >= 4 is 11.3 Å². The zero-order valence-electron chi connectivity index (χ0n) is 8.31. The zero-order chi connectivity index (χ0) is 10.4. The highest BCUT2D eigenvalue weighted by atomic mass is 32.1. The second kappa shape index (κ2) is 6.08. The first-order valence-corrected chi connectivity index (χ1v) is 5.43. The molecule has 1 aromatic rings. The summed E-state index contributed by atoms with van der Waals surface area (Å²) < 4.78 is 0. The molecule has 0 spiro atoms. The fraction of sp³-hybridized carbons (Fsp3) is 0.667. The first-order valence-electron chi connectivity index (χ1n) is 4.61. The summed E-state index contributed by atoms with van der Waals surface area (Å²) in [5.41, 5.74) is 0. The van der Waals surface area contributed by atoms with E-state index in [2.05, 4.69) is 4.98 Å². The number of aromatic nitrogens is 1. The maximum Gasteiger partial charge on any atom is 0.0897 e. The normalized spacial score (nSPS) is 11.1. The van der Waals surface area contributed by atoms with Gasteiger partial charge in [0.15, 0.2) is 0 Å². The van der Waals surface area contributed by atoms with Crippen molar-refractivity contribution in [1.29, 1.82) is 0 Å². The lowest BCUT2D eigenvalue weighted by Gasteiger charge is -2.18. The highest BCUT2D eigenvalue weighted by Crippen LogP contribution is 2.13. The lowest BCUT2D eigenvalue weighted by molar-refractivity contribution is 0.157. The van der Waals surface area contributed by atoms with Gasteiger partial charge in [0.2, 0.25) is 0 Å². The summed E-state index contributed by atoms with van der Waals surface area (Å²) in [5.74, 6) is 0. The Morgan fingerprint density at radius 1 is 1.36 bits per heavy atom. The molecule has 0 aromatic carbocycles. The SMILES string of the molecule is Cc1ncc(CN(CCO)CCO)s1. The second-order valence-electron chi connectivity index (χ2n) is 3.07. The minimum absolute atomic E-state index is 0.123. The maximum atomic E-state index is 8.81. The van der Waals surface area contributed by atoms with Crippen molar-refractivity contribution in [3.05, 3.63) is 16.1 Å². The van der Waals surface area contributed by atoms with E-state index in [1.807, 2.05) is 18.0 Å². The van der Waals surface area contributed by atoms with E-state index < -0.39 is 0 Å². The number of aliphatic hydroxyl groups excluding tert-OH is 2. The summed E-state index contributed by atoms with van der Waals surface area (Å²) >= 11 is 1.65. The van der Waals surface area contributed by atoms with E-state index in [1.54, 1.807) is 11.3 Å². The fourth-order valence-electron chi connectivity index (χ4n) is 1.25. The van der Waals surface area contributed by atoms with Gasteiger partial charge in [-0.05, 0) is 6.92 Å². The summed E-state index contributed by atoms with van der Waals surface area (Å²) in [6, 6.07) is 0. The predicted molar refractivity (Wildman–Crippen MR) is 56.3 cm³/mol. The second-order valence-corrected chi connectivity index (χ2v) is 4.39. The molecule has 0 saturated heterocycles. The van der Waals surface area contributed by atoms with Gasteiger partial charge in [-0.1, -0.05) is 0 Å². The van der Waals surface area contributed by atoms with Gasteiger partial charge in [0.1, 0.15) is 0 Å². The molecule has 0 unspecified atom stereocenters. The summed E-state index contributed by atoms with van der Waals surface area (Å²) in [6.45, 7) is 4.16. The van der Waals surface area contributed by atoms with Gasteiger partial charge in [-0.15, -0.1) is 11.3 Å². The molecular weight excluding hydrogens is 200 g/mol. The van der Waals surface area contributed by atoms with Crippen LogP contribution in [0, 0.1) is 6.92 Å². The number of thiazole rings is 1. The molecule has 0 aliphatic carbocycles. The smallest absolute Gasteiger partial charge is 0.0897 e. The molecule has 0 bridgehead atoms. The van der Waals surface area contributed by atoms with Crippen molar-refractivity contribution in [2.75, 3.05) is 26.3 Å². The monoisotopic (exact) mass is 216 g/mol. The Hall–Kier alpha value is -0.490. The van der Waals surface area contributed by atoms with E-state index >= 15 is 0 Å². The van der Waals surface area contributed by atoms with Crippen LogP contribution in [0.25, 0.3) is 0 Å². The Balaban J connectivity index is 2.46. The number of hydrogen-bond donors (Lipinski definition) is 2. The summed E-state index contributed by atoms with van der Waals surface area (Å²) in [4.78, 5) is 7.33. The summed E-state index contributed by atoms with van der Waals surface area (Å²) in [5, 5.41) is 18.7. The molecule has 1 heterocycles. The van der Waals surface area contributed by atoms with Crippen LogP contribution in [0.4, 0.5) is 0 Å². The molecular formula is C9H16N2O2S. The highest BCUT2D eigenvalue weighted by molar-refractivity contribution is 7.11. The van der Waals surface area contributed by atoms with E-state index in [4.69, 9.17) is 10.2 Å². The van der Waals surface area contributed by atoms with Gasteiger partial charge >= 0.3 is 0 Å². The van der Waals surface area contributed by atoms with Crippen LogP contribution in [-0.2, 0) is 6.54 Å². The lowest BCUT2D eigenvalue weighted by Crippen LogP contribution is -2.28. The number of rotatable bonds is 6. The van der Waals surface area contributed by atoms with Crippen molar-refractivity contribution in [2.45, 2.75) is 13.5 Å². The Kier molecular flexibility index (Phi) is 5.03. The number of hydrogen-bond acceptors (Lipinski definition) is 5. The number of nitrogens with zero attached hydrogens (tertiary/aromatic N) is 2. The van der Waals surface area contributed by atoms with E-state index in [-0.39, 0.29) is 13.2 Å². The molecule has 0 aliphatic rings. The van der Waals surface area contributed by atoms with E-state index in [0.717, 1.165) is 11.6 Å². The molecule has 5 heteroatoms. The van der Waals surface area contributed by atoms with Crippen molar-refractivity contribution in [3.8, 4) is 0 Å². The molecule has 80 valence electrons. The molecule has 1 rings (SSSR count). The number of aliphatic hydroxyl groups is 2. The van der Waals surface area contributed by atoms with Crippen LogP contribution < -0.4 is 0 Å². The van der Waals surface area contributed by atoms with E-state index in [0.29, 0.717) is 13.1 Å². The third kappa shape index (κ3) is 3.71. The molecule has 4 nitrogen and oxygen atoms in total. The minimum atomic E-state index is 0.123. The van der Waals surface area contributed by atoms with Crippen LogP contribution in [0.3, 0.4) is 0 Å². The summed E-state index contributed by atoms with van der Waals surface area (Å²) in [7, 11) is 0. The van der Waals surface area contributed by atoms with E-state index in [9.17, 15) is 0 Å². The molecule has 2 N–H and O–H groups in total. The third-order valence-corrected chi connectivity index (χ3v) is 2.78. The van der Waals surface area contributed by atoms with Crippen molar-refractivity contribution in [2.24, 2.45) is 0 Å². The van der Waals surface area contributed by atoms with Crippen LogP contribution >= 0.6 is 11.3 Å². The van der Waals surface area contributed by atoms with E-state index in [1.165, 1.54) is 4.88 Å². The Labute approximate surface area is 87.8 Å². The largest absolute Gasteiger partial charge is 0.395 e. The Bertz CT molecular complexity index is 259. The highest BCUT2D eigenvalue weighted by Gasteiger charge is 2.06. The molecule has 0 amide bonds. The molecule has 14 heavy (non-hydrogen) atoms. The quantitative estimate of drug-likeness (QED) is 0.715. The van der Waals surface area contributed by atoms with Gasteiger partial charge in [-0.2, -0.15) is 0 Å². The average molecular weight is 216 g/mol. The first-order chi connectivity index (χ1) is 6.76. The summed E-state index contributed by atoms with van der Waals surface area (Å²) in [6.07, 6.45) is 1.85. The van der Waals surface area contributed by atoms with Crippen LogP contribution in [0.2, 0.25) is 0 Å². The molecule has 0 radical (unpaired) electrons. The molecule has 1 aromatic heterocycles. The standard InChI is InChI=1S/C9H16N2O2S/c1-8-10-6-9(14-8)7-11(2-4-12)3-5-13/h6,12-13H,2-5,7H2,1H3. The van der Waals surface area contributed by atoms with Gasteiger partial charge in [-0.25, -0.2) is 4.98 Å². The Morgan fingerprint density at radius 2 is 2.00 bits per heavy atom. The van der Waals surface area contributed by atoms with Crippen LogP contribution in [0.1, 0.15) is 9.88 Å². The van der Waals surface area contributed by atoms with Gasteiger partial charge < -0.3 is 10.2 Å². The van der Waals surface area contributed by atoms with Crippen LogP contribution in [-0.4, -0.2) is 46.4 Å². The lowest BCUT2D eigenvalue weighted by atomic mass is 10.4. The van der Waals surface area contributed by atoms with Crippen molar-refractivity contribution in [3.63, 3.8) is 0 Å². The first kappa shape index (κ1) is 11.6. The van der Waals surface area contributed by atoms with Crippen LogP contribution in [0.15, 0.2) is 6.20 Å². The molecule has 0 aliphatic heterocycles. The Morgan fingerprint density at radius 3 is 2.43 bits per heavy atom. The van der Waals surface area contributed by atoms with Crippen LogP contribution in [0.5, 0.6) is 0 Å². The third-order valence-electron chi connectivity index (χ3n) is 1.88. The topological polar surface area (TPSA) is 56.6 Å². The van der Waals surface area contributed by atoms with Crippen molar-refractivity contribution < 1.29 is 10.2 Å². The number of aryl methyl sites for hydroxylation is 1. The minimum Gasteiger partial charge on any atom is -0.395 e. The fourth-order valence-corrected chi connectivity index (χ4v) is 2.09. The average Bonchev–Trinajstić information content (AvgIpc) is 2.52. The molecule has 0 saturated carbocycles. The molecule has 0 atom stereocenters.